The summed E-state index contributed by atoms with van der Waals surface area (Å²) in [4.78, 5) is 12.7. The SMILES string of the molecule is Cn1ncc2c1CCCC2NC(=O)C1NCC2CCCC21. The van der Waals surface area contributed by atoms with Crippen molar-refractivity contribution < 1.29 is 4.79 Å². The summed E-state index contributed by atoms with van der Waals surface area (Å²) in [5.74, 6) is 1.48. The van der Waals surface area contributed by atoms with Crippen molar-refractivity contribution in [2.45, 2.75) is 50.6 Å². The zero-order valence-corrected chi connectivity index (χ0v) is 12.6. The van der Waals surface area contributed by atoms with Gasteiger partial charge in [-0.3, -0.25) is 9.48 Å². The molecule has 2 fully saturated rings. The van der Waals surface area contributed by atoms with E-state index in [1.165, 1.54) is 30.5 Å². The molecule has 4 unspecified atom stereocenters. The summed E-state index contributed by atoms with van der Waals surface area (Å²) < 4.78 is 1.95. The van der Waals surface area contributed by atoms with Crippen molar-refractivity contribution in [1.29, 1.82) is 0 Å². The van der Waals surface area contributed by atoms with E-state index in [0.29, 0.717) is 5.92 Å². The fourth-order valence-corrected chi connectivity index (χ4v) is 4.59. The Morgan fingerprint density at radius 2 is 2.29 bits per heavy atom. The first-order valence-corrected chi connectivity index (χ1v) is 8.28. The number of hydrogen-bond acceptors (Lipinski definition) is 3. The minimum Gasteiger partial charge on any atom is -0.348 e. The standard InChI is InChI=1S/C16H24N4O/c1-20-14-7-3-6-13(12(14)9-18-20)19-16(21)15-11-5-2-4-10(11)8-17-15/h9-11,13,15,17H,2-8H2,1H3,(H,19,21). The molecule has 1 aromatic rings. The predicted octanol–water partition coefficient (Wildman–Crippen LogP) is 1.30. The molecule has 1 saturated carbocycles. The second-order valence-electron chi connectivity index (χ2n) is 6.86. The molecular formula is C16H24N4O. The zero-order valence-electron chi connectivity index (χ0n) is 12.6. The Kier molecular flexibility index (Phi) is 3.25. The van der Waals surface area contributed by atoms with Crippen molar-refractivity contribution in [3.63, 3.8) is 0 Å². The number of rotatable bonds is 2. The lowest BCUT2D eigenvalue weighted by molar-refractivity contribution is -0.124. The molecule has 4 rings (SSSR count). The number of aromatic nitrogens is 2. The Balaban J connectivity index is 1.48. The van der Waals surface area contributed by atoms with E-state index in [2.05, 4.69) is 15.7 Å². The average molecular weight is 288 g/mol. The number of fused-ring (bicyclic) bond motifs is 2. The van der Waals surface area contributed by atoms with Gasteiger partial charge in [-0.1, -0.05) is 6.42 Å². The van der Waals surface area contributed by atoms with E-state index in [-0.39, 0.29) is 18.0 Å². The van der Waals surface area contributed by atoms with Gasteiger partial charge >= 0.3 is 0 Å². The third-order valence-electron chi connectivity index (χ3n) is 5.72. The molecule has 4 atom stereocenters. The smallest absolute Gasteiger partial charge is 0.237 e. The van der Waals surface area contributed by atoms with Gasteiger partial charge in [-0.2, -0.15) is 5.10 Å². The Bertz CT molecular complexity index is 552. The van der Waals surface area contributed by atoms with E-state index < -0.39 is 0 Å². The normalized spacial score (nSPS) is 34.5. The number of amides is 1. The Morgan fingerprint density at radius 3 is 3.19 bits per heavy atom. The van der Waals surface area contributed by atoms with E-state index in [1.807, 2.05) is 17.9 Å². The van der Waals surface area contributed by atoms with Crippen molar-refractivity contribution in [3.8, 4) is 0 Å². The van der Waals surface area contributed by atoms with Crippen molar-refractivity contribution in [2.75, 3.05) is 6.54 Å². The minimum absolute atomic E-state index is 0.0274. The maximum absolute atomic E-state index is 12.7. The summed E-state index contributed by atoms with van der Waals surface area (Å²) in [6, 6.07) is 0.178. The second-order valence-corrected chi connectivity index (χ2v) is 6.86. The van der Waals surface area contributed by atoms with Crippen molar-refractivity contribution in [2.24, 2.45) is 18.9 Å². The molecule has 1 saturated heterocycles. The highest BCUT2D eigenvalue weighted by Crippen LogP contribution is 2.38. The molecule has 114 valence electrons. The monoisotopic (exact) mass is 288 g/mol. The molecule has 5 heteroatoms. The van der Waals surface area contributed by atoms with Crippen LogP contribution in [0, 0.1) is 11.8 Å². The fraction of sp³-hybridized carbons (Fsp3) is 0.750. The number of nitrogens with zero attached hydrogens (tertiary/aromatic N) is 2. The maximum Gasteiger partial charge on any atom is 0.237 e. The number of hydrogen-bond donors (Lipinski definition) is 2. The first-order chi connectivity index (χ1) is 10.2. The summed E-state index contributed by atoms with van der Waals surface area (Å²) in [5, 5.41) is 11.1. The summed E-state index contributed by atoms with van der Waals surface area (Å²) in [5.41, 5.74) is 2.50. The van der Waals surface area contributed by atoms with Crippen LogP contribution in [0.25, 0.3) is 0 Å². The number of carbonyl (C=O) groups is 1. The van der Waals surface area contributed by atoms with Crippen LogP contribution < -0.4 is 10.6 Å². The van der Waals surface area contributed by atoms with E-state index in [4.69, 9.17) is 0 Å². The highest BCUT2D eigenvalue weighted by Gasteiger charge is 2.43. The highest BCUT2D eigenvalue weighted by atomic mass is 16.2. The van der Waals surface area contributed by atoms with Gasteiger partial charge in [0.2, 0.25) is 5.91 Å². The Morgan fingerprint density at radius 1 is 1.38 bits per heavy atom. The summed E-state index contributed by atoms with van der Waals surface area (Å²) in [6.45, 7) is 1.02. The van der Waals surface area contributed by atoms with Gasteiger partial charge in [0.15, 0.2) is 0 Å². The fourth-order valence-electron chi connectivity index (χ4n) is 4.59. The molecule has 0 spiro atoms. The molecule has 1 amide bonds. The van der Waals surface area contributed by atoms with E-state index in [9.17, 15) is 4.79 Å². The van der Waals surface area contributed by atoms with Gasteiger partial charge in [0.05, 0.1) is 18.3 Å². The Hall–Kier alpha value is -1.36. The number of nitrogens with one attached hydrogen (secondary N) is 2. The van der Waals surface area contributed by atoms with Crippen LogP contribution in [0.3, 0.4) is 0 Å². The molecule has 2 heterocycles. The van der Waals surface area contributed by atoms with Gasteiger partial charge in [0.1, 0.15) is 0 Å². The largest absolute Gasteiger partial charge is 0.348 e. The van der Waals surface area contributed by atoms with Gasteiger partial charge in [0, 0.05) is 18.3 Å². The van der Waals surface area contributed by atoms with Crippen LogP contribution in [0.15, 0.2) is 6.20 Å². The highest BCUT2D eigenvalue weighted by molar-refractivity contribution is 5.83. The summed E-state index contributed by atoms with van der Waals surface area (Å²) in [7, 11) is 1.99. The van der Waals surface area contributed by atoms with E-state index in [1.54, 1.807) is 0 Å². The molecular weight excluding hydrogens is 264 g/mol. The van der Waals surface area contributed by atoms with Crippen LogP contribution in [0.1, 0.15) is 49.4 Å². The van der Waals surface area contributed by atoms with Crippen LogP contribution >= 0.6 is 0 Å². The number of carbonyl (C=O) groups excluding carboxylic acids is 1. The molecule has 5 nitrogen and oxygen atoms in total. The van der Waals surface area contributed by atoms with Crippen molar-refractivity contribution >= 4 is 5.91 Å². The maximum atomic E-state index is 12.7. The first-order valence-electron chi connectivity index (χ1n) is 8.28. The molecule has 0 aromatic carbocycles. The number of aryl methyl sites for hydroxylation is 1. The third kappa shape index (κ3) is 2.18. The lowest BCUT2D eigenvalue weighted by atomic mass is 9.91. The molecule has 21 heavy (non-hydrogen) atoms. The van der Waals surface area contributed by atoms with Crippen LogP contribution in [-0.4, -0.2) is 28.3 Å². The zero-order chi connectivity index (χ0) is 14.4. The molecule has 2 aliphatic carbocycles. The van der Waals surface area contributed by atoms with E-state index in [0.717, 1.165) is 31.7 Å². The van der Waals surface area contributed by atoms with Crippen molar-refractivity contribution in [3.05, 3.63) is 17.5 Å². The van der Waals surface area contributed by atoms with E-state index >= 15 is 0 Å². The Labute approximate surface area is 125 Å². The minimum atomic E-state index is 0.0274. The molecule has 0 bridgehead atoms. The summed E-state index contributed by atoms with van der Waals surface area (Å²) in [6.07, 6.45) is 8.95. The quantitative estimate of drug-likeness (QED) is 0.862. The molecule has 2 N–H and O–H groups in total. The van der Waals surface area contributed by atoms with Crippen LogP contribution in [-0.2, 0) is 18.3 Å². The van der Waals surface area contributed by atoms with Gasteiger partial charge in [0.25, 0.3) is 0 Å². The molecule has 1 aromatic heterocycles. The van der Waals surface area contributed by atoms with Crippen molar-refractivity contribution in [1.82, 2.24) is 20.4 Å². The average Bonchev–Trinajstić information content (AvgIpc) is 3.15. The predicted molar refractivity (Wildman–Crippen MR) is 79.7 cm³/mol. The molecule has 3 aliphatic rings. The van der Waals surface area contributed by atoms with Gasteiger partial charge in [-0.15, -0.1) is 0 Å². The second kappa shape index (κ2) is 5.13. The lowest BCUT2D eigenvalue weighted by Gasteiger charge is -2.26. The molecule has 1 aliphatic heterocycles. The lowest BCUT2D eigenvalue weighted by Crippen LogP contribution is -2.45. The first kappa shape index (κ1) is 13.3. The summed E-state index contributed by atoms with van der Waals surface area (Å²) >= 11 is 0. The van der Waals surface area contributed by atoms with Crippen LogP contribution in [0.4, 0.5) is 0 Å². The van der Waals surface area contributed by atoms with Gasteiger partial charge in [-0.05, 0) is 50.5 Å². The van der Waals surface area contributed by atoms with Crippen LogP contribution in [0.5, 0.6) is 0 Å². The topological polar surface area (TPSA) is 59.0 Å². The van der Waals surface area contributed by atoms with Crippen LogP contribution in [0.2, 0.25) is 0 Å². The third-order valence-corrected chi connectivity index (χ3v) is 5.72. The van der Waals surface area contributed by atoms with Gasteiger partial charge in [-0.25, -0.2) is 0 Å². The van der Waals surface area contributed by atoms with Gasteiger partial charge < -0.3 is 10.6 Å². The molecule has 0 radical (unpaired) electrons.